The van der Waals surface area contributed by atoms with Crippen LogP contribution in [0.15, 0.2) is 64.5 Å². The van der Waals surface area contributed by atoms with Gasteiger partial charge in [0, 0.05) is 22.2 Å². The van der Waals surface area contributed by atoms with Gasteiger partial charge in [0.2, 0.25) is 5.82 Å². The number of aryl methyl sites for hydroxylation is 1. The van der Waals surface area contributed by atoms with Gasteiger partial charge in [-0.2, -0.15) is 4.98 Å². The second-order valence-electron chi connectivity index (χ2n) is 5.48. The maximum absolute atomic E-state index is 5.72. The second-order valence-corrected chi connectivity index (χ2v) is 6.34. The van der Waals surface area contributed by atoms with Crippen molar-refractivity contribution in [1.29, 1.82) is 0 Å². The SMILES string of the molecule is Cc1csc(-c2ccc(OCc3nc(-c4ccccc4)no3)cc2)n1. The first-order valence-corrected chi connectivity index (χ1v) is 8.69. The molecule has 0 N–H and O–H groups in total. The summed E-state index contributed by atoms with van der Waals surface area (Å²) in [5.41, 5.74) is 3.03. The van der Waals surface area contributed by atoms with E-state index < -0.39 is 0 Å². The van der Waals surface area contributed by atoms with Crippen molar-refractivity contribution >= 4 is 11.3 Å². The van der Waals surface area contributed by atoms with Crippen LogP contribution in [0.5, 0.6) is 5.75 Å². The van der Waals surface area contributed by atoms with Crippen LogP contribution in [0.2, 0.25) is 0 Å². The minimum absolute atomic E-state index is 0.232. The molecule has 4 rings (SSSR count). The van der Waals surface area contributed by atoms with Gasteiger partial charge in [-0.3, -0.25) is 0 Å². The number of benzene rings is 2. The molecule has 124 valence electrons. The van der Waals surface area contributed by atoms with Gasteiger partial charge in [-0.1, -0.05) is 35.5 Å². The molecule has 0 unspecified atom stereocenters. The summed E-state index contributed by atoms with van der Waals surface area (Å²) in [5, 5.41) is 7.03. The summed E-state index contributed by atoms with van der Waals surface area (Å²) in [6.07, 6.45) is 0. The van der Waals surface area contributed by atoms with E-state index in [9.17, 15) is 0 Å². The van der Waals surface area contributed by atoms with E-state index >= 15 is 0 Å². The van der Waals surface area contributed by atoms with Crippen molar-refractivity contribution in [2.45, 2.75) is 13.5 Å². The van der Waals surface area contributed by atoms with Crippen molar-refractivity contribution in [3.05, 3.63) is 71.6 Å². The zero-order valence-electron chi connectivity index (χ0n) is 13.5. The molecule has 0 aliphatic rings. The molecule has 2 heterocycles. The first-order chi connectivity index (χ1) is 12.3. The average Bonchev–Trinajstić information content (AvgIpc) is 3.30. The molecule has 2 aromatic carbocycles. The normalized spacial score (nSPS) is 10.8. The van der Waals surface area contributed by atoms with E-state index in [0.29, 0.717) is 11.7 Å². The molecule has 2 aromatic heterocycles. The minimum Gasteiger partial charge on any atom is -0.484 e. The quantitative estimate of drug-likeness (QED) is 0.520. The number of hydrogen-bond donors (Lipinski definition) is 0. The predicted molar refractivity (Wildman–Crippen MR) is 96.4 cm³/mol. The summed E-state index contributed by atoms with van der Waals surface area (Å²) in [7, 11) is 0. The molecule has 25 heavy (non-hydrogen) atoms. The highest BCUT2D eigenvalue weighted by atomic mass is 32.1. The zero-order valence-corrected chi connectivity index (χ0v) is 14.4. The first kappa shape index (κ1) is 15.5. The highest BCUT2D eigenvalue weighted by Gasteiger charge is 2.09. The summed E-state index contributed by atoms with van der Waals surface area (Å²) in [4.78, 5) is 8.83. The number of nitrogens with zero attached hydrogens (tertiary/aromatic N) is 3. The lowest BCUT2D eigenvalue weighted by Gasteiger charge is -2.03. The molecule has 0 spiro atoms. The number of thiazole rings is 1. The molecule has 0 amide bonds. The Kier molecular flexibility index (Phi) is 4.26. The van der Waals surface area contributed by atoms with Gasteiger partial charge >= 0.3 is 0 Å². The Morgan fingerprint density at radius 3 is 2.48 bits per heavy atom. The summed E-state index contributed by atoms with van der Waals surface area (Å²) in [6, 6.07) is 17.5. The molecule has 0 bridgehead atoms. The average molecular weight is 349 g/mol. The molecule has 0 saturated heterocycles. The predicted octanol–water partition coefficient (Wildman–Crippen LogP) is 4.75. The Bertz CT molecular complexity index is 962. The molecule has 0 atom stereocenters. The Hall–Kier alpha value is -2.99. The summed E-state index contributed by atoms with van der Waals surface area (Å²) in [6.45, 7) is 2.22. The van der Waals surface area contributed by atoms with Crippen LogP contribution < -0.4 is 4.74 Å². The van der Waals surface area contributed by atoms with Crippen molar-refractivity contribution in [3.8, 4) is 27.7 Å². The Labute approximate surface area is 148 Å². The van der Waals surface area contributed by atoms with Crippen LogP contribution in [0.25, 0.3) is 22.0 Å². The Morgan fingerprint density at radius 1 is 0.960 bits per heavy atom. The standard InChI is InChI=1S/C19H15N3O2S/c1-13-12-25-19(20-13)15-7-9-16(10-8-15)23-11-17-21-18(22-24-17)14-5-3-2-4-6-14/h2-10,12H,11H2,1H3. The maximum atomic E-state index is 5.72. The van der Waals surface area contributed by atoms with Crippen LogP contribution in [-0.4, -0.2) is 15.1 Å². The van der Waals surface area contributed by atoms with Gasteiger partial charge in [0.1, 0.15) is 10.8 Å². The largest absolute Gasteiger partial charge is 0.484 e. The van der Waals surface area contributed by atoms with Crippen molar-refractivity contribution in [3.63, 3.8) is 0 Å². The molecule has 0 fully saturated rings. The molecule has 5 nitrogen and oxygen atoms in total. The van der Waals surface area contributed by atoms with Crippen molar-refractivity contribution < 1.29 is 9.26 Å². The fourth-order valence-electron chi connectivity index (χ4n) is 2.34. The number of hydrogen-bond acceptors (Lipinski definition) is 6. The lowest BCUT2D eigenvalue weighted by atomic mass is 10.2. The van der Waals surface area contributed by atoms with E-state index in [1.54, 1.807) is 11.3 Å². The van der Waals surface area contributed by atoms with Gasteiger partial charge in [-0.25, -0.2) is 4.98 Å². The third-order valence-corrected chi connectivity index (χ3v) is 4.59. The van der Waals surface area contributed by atoms with Crippen LogP contribution >= 0.6 is 11.3 Å². The van der Waals surface area contributed by atoms with E-state index in [-0.39, 0.29) is 6.61 Å². The van der Waals surface area contributed by atoms with E-state index in [1.807, 2.05) is 66.9 Å². The van der Waals surface area contributed by atoms with E-state index in [2.05, 4.69) is 15.1 Å². The smallest absolute Gasteiger partial charge is 0.264 e. The Balaban J connectivity index is 1.41. The van der Waals surface area contributed by atoms with Crippen LogP contribution in [0.3, 0.4) is 0 Å². The van der Waals surface area contributed by atoms with Gasteiger partial charge in [0.05, 0.1) is 0 Å². The summed E-state index contributed by atoms with van der Waals surface area (Å²) >= 11 is 1.63. The summed E-state index contributed by atoms with van der Waals surface area (Å²) in [5.74, 6) is 1.75. The van der Waals surface area contributed by atoms with Crippen molar-refractivity contribution in [2.75, 3.05) is 0 Å². The lowest BCUT2D eigenvalue weighted by Crippen LogP contribution is -1.95. The van der Waals surface area contributed by atoms with Crippen LogP contribution in [0, 0.1) is 6.92 Å². The van der Waals surface area contributed by atoms with Crippen LogP contribution in [0.1, 0.15) is 11.6 Å². The fraction of sp³-hybridized carbons (Fsp3) is 0.105. The lowest BCUT2D eigenvalue weighted by molar-refractivity contribution is 0.243. The van der Waals surface area contributed by atoms with Gasteiger partial charge in [0.25, 0.3) is 5.89 Å². The third kappa shape index (κ3) is 3.59. The maximum Gasteiger partial charge on any atom is 0.264 e. The highest BCUT2D eigenvalue weighted by Crippen LogP contribution is 2.26. The van der Waals surface area contributed by atoms with Gasteiger partial charge in [0.15, 0.2) is 6.61 Å². The van der Waals surface area contributed by atoms with E-state index in [0.717, 1.165) is 27.6 Å². The molecular weight excluding hydrogens is 334 g/mol. The van der Waals surface area contributed by atoms with Crippen LogP contribution in [0.4, 0.5) is 0 Å². The number of ether oxygens (including phenoxy) is 1. The topological polar surface area (TPSA) is 61.0 Å². The number of aromatic nitrogens is 3. The van der Waals surface area contributed by atoms with Gasteiger partial charge in [-0.05, 0) is 31.2 Å². The van der Waals surface area contributed by atoms with Gasteiger partial charge in [-0.15, -0.1) is 11.3 Å². The molecule has 0 aliphatic carbocycles. The highest BCUT2D eigenvalue weighted by molar-refractivity contribution is 7.13. The monoisotopic (exact) mass is 349 g/mol. The second kappa shape index (κ2) is 6.86. The number of rotatable bonds is 5. The molecule has 0 aliphatic heterocycles. The van der Waals surface area contributed by atoms with Crippen LogP contribution in [-0.2, 0) is 6.61 Å². The van der Waals surface area contributed by atoms with E-state index in [4.69, 9.17) is 9.26 Å². The molecular formula is C19H15N3O2S. The third-order valence-electron chi connectivity index (χ3n) is 3.58. The van der Waals surface area contributed by atoms with Crippen molar-refractivity contribution in [2.24, 2.45) is 0 Å². The molecule has 0 saturated carbocycles. The fourth-order valence-corrected chi connectivity index (χ4v) is 3.15. The van der Waals surface area contributed by atoms with Gasteiger partial charge < -0.3 is 9.26 Å². The molecule has 0 radical (unpaired) electrons. The zero-order chi connectivity index (χ0) is 17.1. The van der Waals surface area contributed by atoms with Crippen molar-refractivity contribution in [1.82, 2.24) is 15.1 Å². The summed E-state index contributed by atoms with van der Waals surface area (Å²) < 4.78 is 11.0. The molecule has 4 aromatic rings. The Morgan fingerprint density at radius 2 is 1.76 bits per heavy atom. The molecule has 6 heteroatoms. The minimum atomic E-state index is 0.232. The first-order valence-electron chi connectivity index (χ1n) is 7.81. The van der Waals surface area contributed by atoms with E-state index in [1.165, 1.54) is 0 Å².